The minimum atomic E-state index is -1.95. The van der Waals surface area contributed by atoms with Gasteiger partial charge in [-0.25, -0.2) is 9.79 Å². The lowest BCUT2D eigenvalue weighted by atomic mass is 9.95. The van der Waals surface area contributed by atoms with Crippen molar-refractivity contribution < 1.29 is 32.6 Å². The van der Waals surface area contributed by atoms with Crippen molar-refractivity contribution in [3.8, 4) is 5.75 Å². The SMILES string of the molecule is CC(C)(C)OC(=O)NCC(COc1ccc2c(c1)CC(=O)N=C2CCN1CCCC1=O)=C(F)F. The number of halogens is 2. The summed E-state index contributed by atoms with van der Waals surface area (Å²) in [6.45, 7) is 5.36. The summed E-state index contributed by atoms with van der Waals surface area (Å²) in [6, 6.07) is 5.01. The highest BCUT2D eigenvalue weighted by molar-refractivity contribution is 6.11. The van der Waals surface area contributed by atoms with E-state index in [1.54, 1.807) is 43.9 Å². The molecule has 2 heterocycles. The molecule has 0 spiro atoms. The van der Waals surface area contributed by atoms with Gasteiger partial charge in [0, 0.05) is 31.5 Å². The molecule has 0 aromatic heterocycles. The second-order valence-electron chi connectivity index (χ2n) is 9.19. The number of hydrogen-bond acceptors (Lipinski definition) is 5. The first-order valence-corrected chi connectivity index (χ1v) is 11.2. The standard InChI is InChI=1S/C24H29F2N3O5/c1-24(2,3)34-23(32)27-13-16(22(25)26)14-33-17-6-7-18-15(11-17)12-20(30)28-19(18)8-10-29-9-4-5-21(29)31/h6-7,11H,4-5,8-10,12-14H2,1-3H3,(H,27,32). The summed E-state index contributed by atoms with van der Waals surface area (Å²) < 4.78 is 37.2. The quantitative estimate of drug-likeness (QED) is 0.617. The summed E-state index contributed by atoms with van der Waals surface area (Å²) in [7, 11) is 0. The number of aliphatic imine (C=N–C) groups is 1. The number of nitrogens with one attached hydrogen (secondary N) is 1. The predicted octanol–water partition coefficient (Wildman–Crippen LogP) is 3.63. The van der Waals surface area contributed by atoms with Crippen molar-refractivity contribution in [2.75, 3.05) is 26.2 Å². The highest BCUT2D eigenvalue weighted by Gasteiger charge is 2.24. The highest BCUT2D eigenvalue weighted by Crippen LogP contribution is 2.25. The average molecular weight is 478 g/mol. The molecule has 184 valence electrons. The first-order chi connectivity index (χ1) is 16.0. The van der Waals surface area contributed by atoms with Crippen LogP contribution in [0.4, 0.5) is 13.6 Å². The van der Waals surface area contributed by atoms with E-state index in [1.165, 1.54) is 0 Å². The van der Waals surface area contributed by atoms with Crippen LogP contribution in [-0.2, 0) is 20.7 Å². The summed E-state index contributed by atoms with van der Waals surface area (Å²) in [5, 5.41) is 2.29. The van der Waals surface area contributed by atoms with Crippen molar-refractivity contribution in [3.05, 3.63) is 41.0 Å². The zero-order chi connectivity index (χ0) is 24.9. The number of rotatable bonds is 8. The molecule has 3 amide bonds. The molecule has 1 fully saturated rings. The van der Waals surface area contributed by atoms with Gasteiger partial charge in [0.15, 0.2) is 0 Å². The lowest BCUT2D eigenvalue weighted by Crippen LogP contribution is -2.34. The molecular formula is C24H29F2N3O5. The molecule has 0 bridgehead atoms. The molecule has 1 N–H and O–H groups in total. The predicted molar refractivity (Wildman–Crippen MR) is 121 cm³/mol. The van der Waals surface area contributed by atoms with Gasteiger partial charge >= 0.3 is 6.09 Å². The van der Waals surface area contributed by atoms with Crippen LogP contribution in [0.25, 0.3) is 0 Å². The molecule has 34 heavy (non-hydrogen) atoms. The number of alkyl carbamates (subject to hydrolysis) is 1. The number of fused-ring (bicyclic) bond motifs is 1. The largest absolute Gasteiger partial charge is 0.489 e. The number of benzene rings is 1. The molecule has 0 radical (unpaired) electrons. The van der Waals surface area contributed by atoms with Gasteiger partial charge in [0.05, 0.1) is 24.3 Å². The molecule has 3 rings (SSSR count). The van der Waals surface area contributed by atoms with Crippen LogP contribution in [0.3, 0.4) is 0 Å². The van der Waals surface area contributed by atoms with Crippen molar-refractivity contribution in [1.29, 1.82) is 0 Å². The monoisotopic (exact) mass is 477 g/mol. The van der Waals surface area contributed by atoms with Gasteiger partial charge in [0.2, 0.25) is 11.8 Å². The number of carbonyl (C=O) groups is 3. The minimum absolute atomic E-state index is 0.0824. The Balaban J connectivity index is 1.61. The van der Waals surface area contributed by atoms with Crippen LogP contribution >= 0.6 is 0 Å². The van der Waals surface area contributed by atoms with E-state index in [4.69, 9.17) is 9.47 Å². The summed E-state index contributed by atoms with van der Waals surface area (Å²) in [5.74, 6) is 0.125. The maximum Gasteiger partial charge on any atom is 0.407 e. The number of amides is 3. The van der Waals surface area contributed by atoms with E-state index >= 15 is 0 Å². The topological polar surface area (TPSA) is 97.3 Å². The first-order valence-electron chi connectivity index (χ1n) is 11.2. The van der Waals surface area contributed by atoms with Crippen LogP contribution in [0.1, 0.15) is 51.2 Å². The maximum atomic E-state index is 13.3. The summed E-state index contributed by atoms with van der Waals surface area (Å²) in [4.78, 5) is 41.6. The Hall–Kier alpha value is -3.30. The van der Waals surface area contributed by atoms with Crippen molar-refractivity contribution in [3.63, 3.8) is 0 Å². The van der Waals surface area contributed by atoms with E-state index in [-0.39, 0.29) is 18.2 Å². The molecule has 2 aliphatic rings. The molecule has 0 atom stereocenters. The van der Waals surface area contributed by atoms with Crippen LogP contribution in [0.15, 0.2) is 34.8 Å². The Morgan fingerprint density at radius 1 is 1.24 bits per heavy atom. The van der Waals surface area contributed by atoms with Crippen molar-refractivity contribution >= 4 is 23.6 Å². The third kappa shape index (κ3) is 7.10. The first kappa shape index (κ1) is 25.3. The van der Waals surface area contributed by atoms with Gasteiger partial charge in [-0.05, 0) is 51.0 Å². The maximum absolute atomic E-state index is 13.3. The lowest BCUT2D eigenvalue weighted by Gasteiger charge is -2.21. The molecule has 0 saturated carbocycles. The van der Waals surface area contributed by atoms with Crippen molar-refractivity contribution in [2.24, 2.45) is 4.99 Å². The smallest absolute Gasteiger partial charge is 0.407 e. The molecule has 0 unspecified atom stereocenters. The number of nitrogens with zero attached hydrogens (tertiary/aromatic N) is 2. The third-order valence-corrected chi connectivity index (χ3v) is 5.30. The van der Waals surface area contributed by atoms with Crippen molar-refractivity contribution in [2.45, 2.75) is 52.1 Å². The molecular weight excluding hydrogens is 448 g/mol. The number of likely N-dealkylation sites (tertiary alicyclic amines) is 1. The fraction of sp³-hybridized carbons (Fsp3) is 0.500. The second-order valence-corrected chi connectivity index (χ2v) is 9.19. The highest BCUT2D eigenvalue weighted by atomic mass is 19.3. The fourth-order valence-electron chi connectivity index (χ4n) is 3.71. The van der Waals surface area contributed by atoms with Crippen LogP contribution in [0.2, 0.25) is 0 Å². The van der Waals surface area contributed by atoms with Gasteiger partial charge in [-0.15, -0.1) is 0 Å². The third-order valence-electron chi connectivity index (χ3n) is 5.30. The van der Waals surface area contributed by atoms with Crippen LogP contribution < -0.4 is 10.1 Å². The van der Waals surface area contributed by atoms with Gasteiger partial charge in [-0.3, -0.25) is 9.59 Å². The van der Waals surface area contributed by atoms with E-state index in [0.29, 0.717) is 43.0 Å². The minimum Gasteiger partial charge on any atom is -0.489 e. The van der Waals surface area contributed by atoms with E-state index < -0.39 is 36.5 Å². The van der Waals surface area contributed by atoms with E-state index in [0.717, 1.165) is 12.0 Å². The number of hydrogen-bond donors (Lipinski definition) is 1. The van der Waals surface area contributed by atoms with Crippen LogP contribution in [0.5, 0.6) is 5.75 Å². The summed E-state index contributed by atoms with van der Waals surface area (Å²) >= 11 is 0. The Morgan fingerprint density at radius 2 is 2.00 bits per heavy atom. The Kier molecular flexibility index (Phi) is 8.01. The molecule has 1 saturated heterocycles. The van der Waals surface area contributed by atoms with Gasteiger partial charge < -0.3 is 19.7 Å². The molecule has 2 aliphatic heterocycles. The molecule has 1 aromatic carbocycles. The lowest BCUT2D eigenvalue weighted by molar-refractivity contribution is -0.127. The summed E-state index contributed by atoms with van der Waals surface area (Å²) in [5.41, 5.74) is 0.952. The number of ether oxygens (including phenoxy) is 2. The van der Waals surface area contributed by atoms with Gasteiger partial charge in [-0.1, -0.05) is 0 Å². The van der Waals surface area contributed by atoms with E-state index in [9.17, 15) is 23.2 Å². The Morgan fingerprint density at radius 3 is 2.65 bits per heavy atom. The number of carbonyl (C=O) groups excluding carboxylic acids is 3. The summed E-state index contributed by atoms with van der Waals surface area (Å²) in [6.07, 6.45) is -0.826. The molecule has 0 aliphatic carbocycles. The van der Waals surface area contributed by atoms with E-state index in [2.05, 4.69) is 10.3 Å². The average Bonchev–Trinajstić information content (AvgIpc) is 3.14. The Labute approximate surface area is 197 Å². The second kappa shape index (κ2) is 10.8. The molecule has 1 aromatic rings. The zero-order valence-electron chi connectivity index (χ0n) is 19.6. The normalized spacial score (nSPS) is 15.6. The van der Waals surface area contributed by atoms with Crippen LogP contribution in [-0.4, -0.2) is 60.4 Å². The Bertz CT molecular complexity index is 1030. The molecule has 10 heteroatoms. The zero-order valence-corrected chi connectivity index (χ0v) is 19.6. The van der Waals surface area contributed by atoms with Gasteiger partial charge in [0.25, 0.3) is 6.08 Å². The van der Waals surface area contributed by atoms with Crippen molar-refractivity contribution in [1.82, 2.24) is 10.2 Å². The van der Waals surface area contributed by atoms with E-state index in [1.807, 2.05) is 0 Å². The molecule has 8 nitrogen and oxygen atoms in total. The van der Waals surface area contributed by atoms with Gasteiger partial charge in [0.1, 0.15) is 18.0 Å². The fourth-order valence-corrected chi connectivity index (χ4v) is 3.71. The van der Waals surface area contributed by atoms with Crippen LogP contribution in [0, 0.1) is 0 Å². The van der Waals surface area contributed by atoms with Gasteiger partial charge in [-0.2, -0.15) is 8.78 Å².